The summed E-state index contributed by atoms with van der Waals surface area (Å²) in [5.41, 5.74) is 1.00. The second-order valence-electron chi connectivity index (χ2n) is 5.12. The number of carboxylic acid groups (broad SMARTS) is 1. The number of carbonyl (C=O) groups is 2. The lowest BCUT2D eigenvalue weighted by Crippen LogP contribution is -2.43. The zero-order valence-electron chi connectivity index (χ0n) is 12.0. The first-order valence-corrected chi connectivity index (χ1v) is 6.94. The summed E-state index contributed by atoms with van der Waals surface area (Å²) in [5.74, 6) is -0.976. The Morgan fingerprint density at radius 2 is 2.38 bits per heavy atom. The van der Waals surface area contributed by atoms with Gasteiger partial charge >= 0.3 is 12.1 Å². The molecule has 0 aliphatic carbocycles. The van der Waals surface area contributed by atoms with Crippen LogP contribution in [0.3, 0.4) is 0 Å². The lowest BCUT2D eigenvalue weighted by molar-refractivity contribution is 0.0146. The number of hydrogen-bond acceptors (Lipinski definition) is 3. The molecule has 0 bridgehead atoms. The largest absolute Gasteiger partial charge is 0.478 e. The summed E-state index contributed by atoms with van der Waals surface area (Å²) in [6, 6.07) is 6.41. The molecule has 0 radical (unpaired) electrons. The van der Waals surface area contributed by atoms with E-state index in [1.165, 1.54) is 6.07 Å². The quantitative estimate of drug-likeness (QED) is 0.845. The zero-order chi connectivity index (χ0) is 15.4. The van der Waals surface area contributed by atoms with Gasteiger partial charge in [-0.15, -0.1) is 6.58 Å². The van der Waals surface area contributed by atoms with Crippen LogP contribution in [0.15, 0.2) is 36.9 Å². The second-order valence-corrected chi connectivity index (χ2v) is 5.12. The molecular weight excluding hydrogens is 270 g/mol. The monoisotopic (exact) mass is 289 g/mol. The van der Waals surface area contributed by atoms with Crippen molar-refractivity contribution in [3.8, 4) is 0 Å². The van der Waals surface area contributed by atoms with E-state index in [2.05, 4.69) is 6.58 Å². The van der Waals surface area contributed by atoms with Crippen molar-refractivity contribution in [1.29, 1.82) is 0 Å². The minimum absolute atomic E-state index is 0.108. The first-order chi connectivity index (χ1) is 10.0. The predicted octanol–water partition coefficient (Wildman–Crippen LogP) is 3.23. The number of aromatic carboxylic acids is 1. The lowest BCUT2D eigenvalue weighted by Gasteiger charge is -2.35. The van der Waals surface area contributed by atoms with Crippen LogP contribution in [0.2, 0.25) is 0 Å². The number of carbonyl (C=O) groups excluding carboxylic acids is 1. The highest BCUT2D eigenvalue weighted by molar-refractivity contribution is 5.87. The number of cyclic esters (lactones) is 1. The van der Waals surface area contributed by atoms with E-state index in [0.29, 0.717) is 13.0 Å². The number of hydrogen-bond donors (Lipinski definition) is 1. The van der Waals surface area contributed by atoms with Crippen molar-refractivity contribution in [2.24, 2.45) is 0 Å². The van der Waals surface area contributed by atoms with Crippen LogP contribution in [0, 0.1) is 0 Å². The van der Waals surface area contributed by atoms with Gasteiger partial charge in [0.15, 0.2) is 0 Å². The molecule has 112 valence electrons. The average Bonchev–Trinajstić information content (AvgIpc) is 2.47. The number of carboxylic acids is 1. The minimum atomic E-state index is -0.976. The molecule has 21 heavy (non-hydrogen) atoms. The fourth-order valence-corrected chi connectivity index (χ4v) is 2.46. The van der Waals surface area contributed by atoms with Crippen LogP contribution in [0.5, 0.6) is 0 Å². The molecule has 1 aromatic carbocycles. The first kappa shape index (κ1) is 15.1. The molecule has 1 amide bonds. The molecule has 1 heterocycles. The third-order valence-corrected chi connectivity index (χ3v) is 3.71. The van der Waals surface area contributed by atoms with E-state index in [0.717, 1.165) is 12.0 Å². The Morgan fingerprint density at radius 1 is 1.62 bits per heavy atom. The van der Waals surface area contributed by atoms with Crippen molar-refractivity contribution in [1.82, 2.24) is 4.90 Å². The number of benzene rings is 1. The number of rotatable bonds is 5. The van der Waals surface area contributed by atoms with Crippen molar-refractivity contribution in [3.63, 3.8) is 0 Å². The molecule has 2 unspecified atom stereocenters. The molecule has 0 saturated carbocycles. The molecule has 1 aliphatic heterocycles. The minimum Gasteiger partial charge on any atom is -0.478 e. The summed E-state index contributed by atoms with van der Waals surface area (Å²) in [6.07, 6.45) is 2.68. The van der Waals surface area contributed by atoms with E-state index in [-0.39, 0.29) is 23.8 Å². The van der Waals surface area contributed by atoms with Gasteiger partial charge in [-0.2, -0.15) is 0 Å². The summed E-state index contributed by atoms with van der Waals surface area (Å²) in [7, 11) is 0. The summed E-state index contributed by atoms with van der Waals surface area (Å²) in [6.45, 7) is 6.11. The van der Waals surface area contributed by atoms with Gasteiger partial charge in [-0.25, -0.2) is 9.59 Å². The summed E-state index contributed by atoms with van der Waals surface area (Å²) in [4.78, 5) is 24.7. The maximum Gasteiger partial charge on any atom is 0.410 e. The molecular formula is C16H19NO4. The Balaban J connectivity index is 2.11. The molecule has 1 aromatic rings. The molecule has 0 aromatic heterocycles. The van der Waals surface area contributed by atoms with Gasteiger partial charge in [0.1, 0.15) is 6.10 Å². The van der Waals surface area contributed by atoms with E-state index in [4.69, 9.17) is 9.84 Å². The maximum absolute atomic E-state index is 12.1. The maximum atomic E-state index is 12.1. The molecule has 2 atom stereocenters. The number of ether oxygens (including phenoxy) is 1. The molecule has 5 nitrogen and oxygen atoms in total. The molecule has 1 fully saturated rings. The van der Waals surface area contributed by atoms with Crippen LogP contribution in [-0.4, -0.2) is 34.7 Å². The summed E-state index contributed by atoms with van der Waals surface area (Å²) < 4.78 is 5.36. The highest BCUT2D eigenvalue weighted by Crippen LogP contribution is 2.26. The Bertz CT molecular complexity index is 555. The van der Waals surface area contributed by atoms with Crippen molar-refractivity contribution < 1.29 is 19.4 Å². The standard InChI is InChI=1S/C16H19NO4/c1-3-5-14-8-9-17(16(20)21-14)11(2)12-6-4-7-13(10-12)15(18)19/h3-4,6-7,10-11,14H,1,5,8-9H2,2H3,(H,18,19). The van der Waals surface area contributed by atoms with Gasteiger partial charge in [-0.1, -0.05) is 18.2 Å². The highest BCUT2D eigenvalue weighted by atomic mass is 16.6. The van der Waals surface area contributed by atoms with Crippen LogP contribution in [0.4, 0.5) is 4.79 Å². The third kappa shape index (κ3) is 3.42. The fourth-order valence-electron chi connectivity index (χ4n) is 2.46. The van der Waals surface area contributed by atoms with Gasteiger partial charge in [0.25, 0.3) is 0 Å². The lowest BCUT2D eigenvalue weighted by atomic mass is 10.0. The number of amides is 1. The highest BCUT2D eigenvalue weighted by Gasteiger charge is 2.30. The Hall–Kier alpha value is -2.30. The summed E-state index contributed by atoms with van der Waals surface area (Å²) >= 11 is 0. The van der Waals surface area contributed by atoms with E-state index in [1.807, 2.05) is 13.0 Å². The van der Waals surface area contributed by atoms with Crippen LogP contribution in [0.25, 0.3) is 0 Å². The Kier molecular flexibility index (Phi) is 4.62. The molecule has 1 aliphatic rings. The Morgan fingerprint density at radius 3 is 3.00 bits per heavy atom. The van der Waals surface area contributed by atoms with Crippen LogP contribution in [0.1, 0.15) is 41.7 Å². The van der Waals surface area contributed by atoms with Gasteiger partial charge < -0.3 is 14.7 Å². The SMILES string of the molecule is C=CCC1CCN(C(C)c2cccc(C(=O)O)c2)C(=O)O1. The van der Waals surface area contributed by atoms with Crippen molar-refractivity contribution >= 4 is 12.1 Å². The van der Waals surface area contributed by atoms with Gasteiger partial charge in [0.05, 0.1) is 11.6 Å². The van der Waals surface area contributed by atoms with Crippen molar-refractivity contribution in [2.75, 3.05) is 6.54 Å². The van der Waals surface area contributed by atoms with E-state index < -0.39 is 5.97 Å². The van der Waals surface area contributed by atoms with Crippen LogP contribution < -0.4 is 0 Å². The molecule has 2 rings (SSSR count). The molecule has 1 N–H and O–H groups in total. The third-order valence-electron chi connectivity index (χ3n) is 3.71. The molecule has 5 heteroatoms. The van der Waals surface area contributed by atoms with Gasteiger partial charge in [0, 0.05) is 19.4 Å². The molecule has 1 saturated heterocycles. The van der Waals surface area contributed by atoms with Crippen LogP contribution >= 0.6 is 0 Å². The van der Waals surface area contributed by atoms with E-state index in [1.54, 1.807) is 23.1 Å². The van der Waals surface area contributed by atoms with Gasteiger partial charge in [-0.3, -0.25) is 0 Å². The zero-order valence-corrected chi connectivity index (χ0v) is 12.0. The first-order valence-electron chi connectivity index (χ1n) is 6.94. The summed E-state index contributed by atoms with van der Waals surface area (Å²) in [5, 5.41) is 9.03. The van der Waals surface area contributed by atoms with Crippen molar-refractivity contribution in [2.45, 2.75) is 31.9 Å². The number of nitrogens with zero attached hydrogens (tertiary/aromatic N) is 1. The topological polar surface area (TPSA) is 66.8 Å². The predicted molar refractivity (Wildman–Crippen MR) is 78.2 cm³/mol. The Labute approximate surface area is 123 Å². The van der Waals surface area contributed by atoms with Crippen molar-refractivity contribution in [3.05, 3.63) is 48.0 Å². The van der Waals surface area contributed by atoms with E-state index >= 15 is 0 Å². The normalized spacial score (nSPS) is 19.8. The smallest absolute Gasteiger partial charge is 0.410 e. The van der Waals surface area contributed by atoms with Gasteiger partial charge in [-0.05, 0) is 24.6 Å². The fraction of sp³-hybridized carbons (Fsp3) is 0.375. The van der Waals surface area contributed by atoms with E-state index in [9.17, 15) is 9.59 Å². The average molecular weight is 289 g/mol. The van der Waals surface area contributed by atoms with Gasteiger partial charge in [0.2, 0.25) is 0 Å². The second kappa shape index (κ2) is 6.43. The van der Waals surface area contributed by atoms with Crippen LogP contribution in [-0.2, 0) is 4.74 Å². The molecule has 0 spiro atoms.